The lowest BCUT2D eigenvalue weighted by atomic mass is 10.0. The number of benzene rings is 3. The molecule has 0 radical (unpaired) electrons. The molecule has 0 unspecified atom stereocenters. The number of carbonyl (C=O) groups excluding carboxylic acids is 1. The van der Waals surface area contributed by atoms with E-state index in [0.29, 0.717) is 33.9 Å². The third-order valence-corrected chi connectivity index (χ3v) is 5.74. The summed E-state index contributed by atoms with van der Waals surface area (Å²) in [6.07, 6.45) is -2.01. The molecule has 0 atom stereocenters. The first-order valence-corrected chi connectivity index (χ1v) is 12.3. The molecule has 41 heavy (non-hydrogen) atoms. The molecule has 2 amide bonds. The molecule has 0 saturated carbocycles. The van der Waals surface area contributed by atoms with Gasteiger partial charge in [-0.2, -0.15) is 18.2 Å². The van der Waals surface area contributed by atoms with E-state index >= 15 is 0 Å². The van der Waals surface area contributed by atoms with Crippen LogP contribution in [-0.2, 0) is 17.6 Å². The number of anilines is 6. The van der Waals surface area contributed by atoms with E-state index in [0.717, 1.165) is 29.7 Å². The second-order valence-corrected chi connectivity index (χ2v) is 9.06. The van der Waals surface area contributed by atoms with Gasteiger partial charge in [0.15, 0.2) is 5.82 Å². The van der Waals surface area contributed by atoms with Crippen LogP contribution in [0.15, 0.2) is 72.9 Å². The third kappa shape index (κ3) is 8.54. The fourth-order valence-electron chi connectivity index (χ4n) is 3.71. The number of fused-ring (bicyclic) bond motifs is 6. The third-order valence-electron chi connectivity index (χ3n) is 5.47. The minimum Gasteiger partial charge on any atom is -0.475 e. The Morgan fingerprint density at radius 2 is 1.56 bits per heavy atom. The molecule has 6 bridgehead atoms. The van der Waals surface area contributed by atoms with Gasteiger partial charge in [0, 0.05) is 22.7 Å². The molecule has 0 saturated heterocycles. The van der Waals surface area contributed by atoms with Crippen molar-refractivity contribution >= 4 is 58.1 Å². The molecule has 5 rings (SSSR count). The summed E-state index contributed by atoms with van der Waals surface area (Å²) < 4.78 is 45.2. The number of urea groups is 1. The van der Waals surface area contributed by atoms with E-state index < -0.39 is 24.0 Å². The number of amides is 2. The van der Waals surface area contributed by atoms with Gasteiger partial charge in [0.05, 0.1) is 6.20 Å². The Morgan fingerprint density at radius 1 is 0.878 bits per heavy atom. The lowest BCUT2D eigenvalue weighted by Crippen LogP contribution is -2.21. The van der Waals surface area contributed by atoms with Gasteiger partial charge in [-0.05, 0) is 72.5 Å². The lowest BCUT2D eigenvalue weighted by Gasteiger charge is -2.14. The minimum atomic E-state index is -5.08. The van der Waals surface area contributed by atoms with Gasteiger partial charge < -0.3 is 26.4 Å². The lowest BCUT2D eigenvalue weighted by molar-refractivity contribution is -0.192. The van der Waals surface area contributed by atoms with Crippen molar-refractivity contribution in [2.75, 3.05) is 21.3 Å². The van der Waals surface area contributed by atoms with E-state index in [9.17, 15) is 22.4 Å². The van der Waals surface area contributed by atoms with Crippen molar-refractivity contribution in [3.8, 4) is 0 Å². The van der Waals surface area contributed by atoms with Crippen molar-refractivity contribution in [1.29, 1.82) is 0 Å². The Bertz CT molecular complexity index is 1590. The van der Waals surface area contributed by atoms with Crippen LogP contribution in [-0.4, -0.2) is 33.3 Å². The van der Waals surface area contributed by atoms with Gasteiger partial charge in [-0.15, -0.1) is 0 Å². The second kappa shape index (κ2) is 12.5. The van der Waals surface area contributed by atoms with Crippen LogP contribution in [0.5, 0.6) is 0 Å². The molecule has 1 aromatic heterocycles. The van der Waals surface area contributed by atoms with Crippen LogP contribution in [0.3, 0.4) is 0 Å². The largest absolute Gasteiger partial charge is 0.490 e. The number of aromatic nitrogens is 2. The summed E-state index contributed by atoms with van der Waals surface area (Å²) in [6.45, 7) is 0. The SMILES string of the molecule is O=C(Nc1cccc(F)c1)Nc1cc2cc(c1)Nc1nc(ncc1Cl)Nc1cccc(c1)CC2.O=C(O)C(F)(F)F. The molecule has 14 heteroatoms. The van der Waals surface area contributed by atoms with Crippen molar-refractivity contribution in [2.24, 2.45) is 0 Å². The fourth-order valence-corrected chi connectivity index (χ4v) is 3.85. The number of hydrogen-bond donors (Lipinski definition) is 5. The molecule has 4 aromatic rings. The van der Waals surface area contributed by atoms with E-state index in [1.807, 2.05) is 24.3 Å². The summed E-state index contributed by atoms with van der Waals surface area (Å²) in [4.78, 5) is 30.2. The Kier molecular flexibility index (Phi) is 8.87. The molecule has 1 aliphatic heterocycles. The number of nitrogens with zero attached hydrogens (tertiary/aromatic N) is 2. The fraction of sp³-hybridized carbons (Fsp3) is 0.111. The van der Waals surface area contributed by atoms with Crippen LogP contribution in [0.2, 0.25) is 5.02 Å². The molecule has 9 nitrogen and oxygen atoms in total. The predicted molar refractivity (Wildman–Crippen MR) is 147 cm³/mol. The second-order valence-electron chi connectivity index (χ2n) is 8.65. The topological polar surface area (TPSA) is 128 Å². The number of halogens is 5. The summed E-state index contributed by atoms with van der Waals surface area (Å²) in [5.41, 5.74) is 4.67. The van der Waals surface area contributed by atoms with Crippen molar-refractivity contribution < 1.29 is 32.3 Å². The molecule has 212 valence electrons. The summed E-state index contributed by atoms with van der Waals surface area (Å²) in [6, 6.07) is 19.0. The average Bonchev–Trinajstić information content (AvgIpc) is 2.89. The quantitative estimate of drug-likeness (QED) is 0.158. The van der Waals surface area contributed by atoms with Crippen LogP contribution in [0.25, 0.3) is 0 Å². The highest BCUT2D eigenvalue weighted by atomic mass is 35.5. The summed E-state index contributed by atoms with van der Waals surface area (Å²) in [7, 11) is 0. The highest BCUT2D eigenvalue weighted by Gasteiger charge is 2.38. The van der Waals surface area contributed by atoms with Gasteiger partial charge in [0.1, 0.15) is 10.8 Å². The number of carbonyl (C=O) groups is 2. The zero-order valence-corrected chi connectivity index (χ0v) is 21.6. The number of carboxylic acid groups (broad SMARTS) is 1. The predicted octanol–water partition coefficient (Wildman–Crippen LogP) is 7.13. The Hall–Kier alpha value is -4.91. The van der Waals surface area contributed by atoms with Gasteiger partial charge in [-0.25, -0.2) is 19.0 Å². The number of alkyl halides is 3. The summed E-state index contributed by atoms with van der Waals surface area (Å²) >= 11 is 6.33. The molecule has 0 fully saturated rings. The number of nitrogens with one attached hydrogen (secondary N) is 4. The molecule has 3 aromatic carbocycles. The van der Waals surface area contributed by atoms with Crippen LogP contribution >= 0.6 is 11.6 Å². The zero-order chi connectivity index (χ0) is 29.6. The van der Waals surface area contributed by atoms with Crippen molar-refractivity contribution in [3.63, 3.8) is 0 Å². The van der Waals surface area contributed by atoms with Crippen LogP contribution in [0.4, 0.5) is 56.9 Å². The van der Waals surface area contributed by atoms with Crippen molar-refractivity contribution in [1.82, 2.24) is 9.97 Å². The van der Waals surface area contributed by atoms with Crippen LogP contribution < -0.4 is 21.3 Å². The maximum atomic E-state index is 13.4. The summed E-state index contributed by atoms with van der Waals surface area (Å²) in [5, 5.41) is 19.4. The van der Waals surface area contributed by atoms with E-state index in [1.54, 1.807) is 12.1 Å². The van der Waals surface area contributed by atoms with Crippen molar-refractivity contribution in [2.45, 2.75) is 19.0 Å². The zero-order valence-electron chi connectivity index (χ0n) is 20.9. The Balaban J connectivity index is 0.000000493. The van der Waals surface area contributed by atoms with E-state index in [-0.39, 0.29) is 0 Å². The first-order chi connectivity index (χ1) is 19.4. The molecule has 5 N–H and O–H groups in total. The molecular formula is C27H21ClF4N6O3. The monoisotopic (exact) mass is 588 g/mol. The highest BCUT2D eigenvalue weighted by molar-refractivity contribution is 6.32. The molecule has 0 aliphatic carbocycles. The van der Waals surface area contributed by atoms with Gasteiger partial charge >= 0.3 is 18.2 Å². The maximum absolute atomic E-state index is 13.4. The maximum Gasteiger partial charge on any atom is 0.490 e. The van der Waals surface area contributed by atoms with Crippen LogP contribution in [0.1, 0.15) is 11.1 Å². The average molecular weight is 589 g/mol. The Labute approximate surface area is 235 Å². The van der Waals surface area contributed by atoms with Crippen molar-refractivity contribution in [3.05, 3.63) is 94.9 Å². The van der Waals surface area contributed by atoms with E-state index in [2.05, 4.69) is 43.4 Å². The number of aliphatic carboxylic acids is 1. The first-order valence-electron chi connectivity index (χ1n) is 11.9. The molecular weight excluding hydrogens is 568 g/mol. The van der Waals surface area contributed by atoms with E-state index in [4.69, 9.17) is 21.5 Å². The number of carboxylic acids is 1. The standard InChI is InChI=1S/C25H20ClFN6O.C2HF3O2/c26-22-14-28-24-30-18-5-1-3-15(9-18)7-8-16-10-20(29-23(22)33-24)13-21(11-16)32-25(34)31-19-6-2-4-17(27)12-19;3-2(4,5)1(6)7/h1-6,9-14H,7-8H2,(H2,31,32,34)(H2,28,29,30,33);(H,6,7). The molecule has 1 aliphatic rings. The molecule has 0 spiro atoms. The molecule has 2 heterocycles. The van der Waals surface area contributed by atoms with Gasteiger partial charge in [-0.1, -0.05) is 29.8 Å². The van der Waals surface area contributed by atoms with E-state index in [1.165, 1.54) is 24.4 Å². The minimum absolute atomic E-state index is 0.359. The van der Waals surface area contributed by atoms with Gasteiger partial charge in [-0.3, -0.25) is 0 Å². The Morgan fingerprint density at radius 3 is 2.29 bits per heavy atom. The summed E-state index contributed by atoms with van der Waals surface area (Å²) in [5.74, 6) is -2.34. The number of aryl methyl sites for hydroxylation is 2. The number of rotatable bonds is 2. The highest BCUT2D eigenvalue weighted by Crippen LogP contribution is 2.29. The smallest absolute Gasteiger partial charge is 0.475 e. The van der Waals surface area contributed by atoms with Gasteiger partial charge in [0.25, 0.3) is 0 Å². The van der Waals surface area contributed by atoms with Crippen LogP contribution in [0, 0.1) is 5.82 Å². The first kappa shape index (κ1) is 29.1. The normalized spacial score (nSPS) is 12.0. The number of hydrogen-bond acceptors (Lipinski definition) is 6. The van der Waals surface area contributed by atoms with Gasteiger partial charge in [0.2, 0.25) is 5.95 Å².